The van der Waals surface area contributed by atoms with Crippen molar-refractivity contribution < 1.29 is 4.79 Å². The Hall–Kier alpha value is -1.08. The Labute approximate surface area is 168 Å². The zero-order valence-corrected chi connectivity index (χ0v) is 17.9. The van der Waals surface area contributed by atoms with Crippen molar-refractivity contribution in [1.82, 2.24) is 15.5 Å². The van der Waals surface area contributed by atoms with Crippen molar-refractivity contribution in [3.63, 3.8) is 0 Å². The average molecular weight is 441 g/mol. The number of nitrogens with one attached hydrogen (secondary N) is 2. The number of thiophene rings is 1. The third-order valence-corrected chi connectivity index (χ3v) is 6.83. The predicted molar refractivity (Wildman–Crippen MR) is 112 cm³/mol. The van der Waals surface area contributed by atoms with Gasteiger partial charge in [-0.2, -0.15) is 0 Å². The summed E-state index contributed by atoms with van der Waals surface area (Å²) in [6.07, 6.45) is 6.53. The van der Waals surface area contributed by atoms with Crippen LogP contribution >= 0.6 is 27.3 Å². The molecule has 2 heterocycles. The zero-order valence-electron chi connectivity index (χ0n) is 15.5. The van der Waals surface area contributed by atoms with Crippen LogP contribution in [0.4, 0.5) is 0 Å². The molecule has 1 amide bonds. The fraction of sp³-hybridized carbons (Fsp3) is 0.684. The van der Waals surface area contributed by atoms with Crippen LogP contribution in [0.1, 0.15) is 43.9 Å². The maximum Gasteiger partial charge on any atom is 0.225 e. The lowest BCUT2D eigenvalue weighted by molar-refractivity contribution is -0.134. The Morgan fingerprint density at radius 3 is 2.85 bits per heavy atom. The molecule has 1 saturated carbocycles. The molecule has 0 aromatic carbocycles. The molecule has 1 unspecified atom stereocenters. The second-order valence-corrected chi connectivity index (χ2v) is 9.66. The van der Waals surface area contributed by atoms with E-state index in [1.165, 1.54) is 21.5 Å². The summed E-state index contributed by atoms with van der Waals surface area (Å²) in [5.74, 6) is 1.51. The number of carbonyl (C=O) groups is 1. The summed E-state index contributed by atoms with van der Waals surface area (Å²) in [7, 11) is 0. The van der Waals surface area contributed by atoms with Gasteiger partial charge in [-0.15, -0.1) is 11.3 Å². The smallest absolute Gasteiger partial charge is 0.225 e. The van der Waals surface area contributed by atoms with Gasteiger partial charge in [-0.3, -0.25) is 9.79 Å². The molecule has 0 bridgehead atoms. The first-order valence-corrected chi connectivity index (χ1v) is 11.3. The Balaban J connectivity index is 1.48. The van der Waals surface area contributed by atoms with Crippen LogP contribution in [0.15, 0.2) is 20.9 Å². The van der Waals surface area contributed by atoms with Crippen LogP contribution < -0.4 is 10.6 Å². The van der Waals surface area contributed by atoms with E-state index < -0.39 is 0 Å². The molecule has 2 aliphatic rings. The molecule has 0 radical (unpaired) electrons. The number of carbonyl (C=O) groups excluding carboxylic acids is 1. The highest BCUT2D eigenvalue weighted by Gasteiger charge is 2.32. The lowest BCUT2D eigenvalue weighted by Gasteiger charge is -2.21. The van der Waals surface area contributed by atoms with Gasteiger partial charge in [-0.25, -0.2) is 0 Å². The van der Waals surface area contributed by atoms with Crippen LogP contribution in [0.25, 0.3) is 0 Å². The number of likely N-dealkylation sites (tertiary alicyclic amines) is 1. The quantitative estimate of drug-likeness (QED) is 0.526. The van der Waals surface area contributed by atoms with Gasteiger partial charge in [-0.1, -0.05) is 12.8 Å². The third-order valence-electron chi connectivity index (χ3n) is 5.15. The molecular weight excluding hydrogens is 412 g/mol. The van der Waals surface area contributed by atoms with E-state index in [0.717, 1.165) is 57.8 Å². The van der Waals surface area contributed by atoms with Crippen molar-refractivity contribution in [3.8, 4) is 0 Å². The summed E-state index contributed by atoms with van der Waals surface area (Å²) in [4.78, 5) is 20.7. The molecule has 1 aliphatic carbocycles. The van der Waals surface area contributed by atoms with Gasteiger partial charge >= 0.3 is 0 Å². The lowest BCUT2D eigenvalue weighted by atomic mass is 10.1. The average Bonchev–Trinajstić information content (AvgIpc) is 3.36. The molecule has 26 heavy (non-hydrogen) atoms. The molecule has 2 fully saturated rings. The molecule has 1 aromatic heterocycles. The molecule has 1 aromatic rings. The van der Waals surface area contributed by atoms with Crippen molar-refractivity contribution >= 4 is 39.1 Å². The van der Waals surface area contributed by atoms with Gasteiger partial charge in [0, 0.05) is 49.4 Å². The van der Waals surface area contributed by atoms with E-state index in [-0.39, 0.29) is 5.92 Å². The van der Waals surface area contributed by atoms with Crippen molar-refractivity contribution in [1.29, 1.82) is 0 Å². The molecule has 144 valence electrons. The fourth-order valence-corrected chi connectivity index (χ4v) is 5.26. The first-order valence-electron chi connectivity index (χ1n) is 9.73. The van der Waals surface area contributed by atoms with E-state index in [2.05, 4.69) is 50.5 Å². The van der Waals surface area contributed by atoms with Crippen LogP contribution in [-0.4, -0.2) is 49.0 Å². The zero-order chi connectivity index (χ0) is 18.4. The Morgan fingerprint density at radius 2 is 2.15 bits per heavy atom. The number of amides is 1. The number of hydrogen-bond donors (Lipinski definition) is 2. The Morgan fingerprint density at radius 1 is 1.35 bits per heavy atom. The highest BCUT2D eigenvalue weighted by atomic mass is 79.9. The van der Waals surface area contributed by atoms with Gasteiger partial charge < -0.3 is 15.5 Å². The van der Waals surface area contributed by atoms with E-state index in [1.54, 1.807) is 11.3 Å². The maximum atomic E-state index is 12.6. The van der Waals surface area contributed by atoms with Crippen molar-refractivity contribution in [2.24, 2.45) is 10.9 Å². The summed E-state index contributed by atoms with van der Waals surface area (Å²) in [5.41, 5.74) is 0. The predicted octanol–water partition coefficient (Wildman–Crippen LogP) is 3.40. The first kappa shape index (κ1) is 19.7. The molecule has 3 rings (SSSR count). The minimum atomic E-state index is 0.278. The molecule has 2 N–H and O–H groups in total. The van der Waals surface area contributed by atoms with Crippen molar-refractivity contribution in [2.75, 3.05) is 26.2 Å². The van der Waals surface area contributed by atoms with E-state index in [9.17, 15) is 4.79 Å². The van der Waals surface area contributed by atoms with Gasteiger partial charge in [0.05, 0.1) is 3.79 Å². The summed E-state index contributed by atoms with van der Waals surface area (Å²) < 4.78 is 1.17. The number of guanidine groups is 1. The molecule has 0 spiro atoms. The first-order chi connectivity index (χ1) is 12.7. The Kier molecular flexibility index (Phi) is 7.37. The van der Waals surface area contributed by atoms with Crippen LogP contribution in [-0.2, 0) is 11.2 Å². The van der Waals surface area contributed by atoms with Gasteiger partial charge in [0.25, 0.3) is 0 Å². The summed E-state index contributed by atoms with van der Waals surface area (Å²) in [6.45, 7) is 5.36. The van der Waals surface area contributed by atoms with E-state index in [1.807, 2.05) is 0 Å². The normalized spacial score (nSPS) is 21.4. The van der Waals surface area contributed by atoms with E-state index >= 15 is 0 Å². The highest BCUT2D eigenvalue weighted by molar-refractivity contribution is 9.11. The molecule has 1 atom stereocenters. The molecule has 1 aliphatic heterocycles. The van der Waals surface area contributed by atoms with Gasteiger partial charge in [-0.05, 0) is 54.2 Å². The summed E-state index contributed by atoms with van der Waals surface area (Å²) >= 11 is 5.27. The number of halogens is 1. The number of rotatable bonds is 6. The molecule has 1 saturated heterocycles. The SMILES string of the molecule is CCNC(=NCCc1ccc(Br)s1)NC1CCN(C(=O)C2CCCC2)C1. The molecular formula is C19H29BrN4OS. The second-order valence-electron chi connectivity index (χ2n) is 7.11. The largest absolute Gasteiger partial charge is 0.357 e. The van der Waals surface area contributed by atoms with E-state index in [0.29, 0.717) is 11.9 Å². The van der Waals surface area contributed by atoms with Crippen LogP contribution in [0.3, 0.4) is 0 Å². The highest BCUT2D eigenvalue weighted by Crippen LogP contribution is 2.28. The summed E-state index contributed by atoms with van der Waals surface area (Å²) in [5, 5.41) is 6.85. The minimum absolute atomic E-state index is 0.278. The van der Waals surface area contributed by atoms with Crippen LogP contribution in [0.5, 0.6) is 0 Å². The second kappa shape index (κ2) is 9.74. The van der Waals surface area contributed by atoms with Crippen molar-refractivity contribution in [3.05, 3.63) is 20.8 Å². The number of nitrogens with zero attached hydrogens (tertiary/aromatic N) is 2. The van der Waals surface area contributed by atoms with Gasteiger partial charge in [0.2, 0.25) is 5.91 Å². The van der Waals surface area contributed by atoms with Crippen molar-refractivity contribution in [2.45, 2.75) is 51.5 Å². The lowest BCUT2D eigenvalue weighted by Crippen LogP contribution is -2.45. The molecule has 5 nitrogen and oxygen atoms in total. The third kappa shape index (κ3) is 5.46. The number of hydrogen-bond acceptors (Lipinski definition) is 3. The fourth-order valence-electron chi connectivity index (χ4n) is 3.79. The van der Waals surface area contributed by atoms with Crippen LogP contribution in [0, 0.1) is 5.92 Å². The monoisotopic (exact) mass is 440 g/mol. The van der Waals surface area contributed by atoms with Crippen LogP contribution in [0.2, 0.25) is 0 Å². The standard InChI is InChI=1S/C19H29BrN4OS/c1-2-21-19(22-11-9-16-7-8-17(20)26-16)23-15-10-12-24(13-15)18(25)14-5-3-4-6-14/h7-8,14-15H,2-6,9-13H2,1H3,(H2,21,22,23). The summed E-state index contributed by atoms with van der Waals surface area (Å²) in [6, 6.07) is 4.53. The number of aliphatic imine (C=N–C) groups is 1. The minimum Gasteiger partial charge on any atom is -0.357 e. The van der Waals surface area contributed by atoms with E-state index in [4.69, 9.17) is 4.99 Å². The topological polar surface area (TPSA) is 56.7 Å². The molecule has 7 heteroatoms. The Bertz CT molecular complexity index is 627. The van der Waals surface area contributed by atoms with Gasteiger partial charge in [0.15, 0.2) is 5.96 Å². The maximum absolute atomic E-state index is 12.6. The van der Waals surface area contributed by atoms with Gasteiger partial charge in [0.1, 0.15) is 0 Å².